The zero-order chi connectivity index (χ0) is 23.4. The topological polar surface area (TPSA) is 91.0 Å². The Morgan fingerprint density at radius 3 is 2.70 bits per heavy atom. The molecule has 1 aliphatic rings. The fourth-order valence-electron chi connectivity index (χ4n) is 3.94. The predicted molar refractivity (Wildman–Crippen MR) is 128 cm³/mol. The highest BCUT2D eigenvalue weighted by Gasteiger charge is 2.29. The van der Waals surface area contributed by atoms with E-state index in [4.69, 9.17) is 23.2 Å². The molecule has 172 valence electrons. The quantitative estimate of drug-likeness (QED) is 0.537. The average molecular weight is 486 g/mol. The minimum absolute atomic E-state index is 0.00295. The van der Waals surface area contributed by atoms with Gasteiger partial charge in [0.1, 0.15) is 0 Å². The van der Waals surface area contributed by atoms with Gasteiger partial charge in [0.2, 0.25) is 5.91 Å². The van der Waals surface area contributed by atoms with Crippen LogP contribution in [0.2, 0.25) is 10.0 Å². The van der Waals surface area contributed by atoms with Crippen LogP contribution in [0.3, 0.4) is 0 Å². The third-order valence-corrected chi connectivity index (χ3v) is 6.41. The first kappa shape index (κ1) is 23.3. The van der Waals surface area contributed by atoms with Gasteiger partial charge in [-0.1, -0.05) is 42.3 Å². The predicted octanol–water partition coefficient (Wildman–Crippen LogP) is 4.51. The number of rotatable bonds is 6. The van der Waals surface area contributed by atoms with Crippen molar-refractivity contribution in [3.05, 3.63) is 69.6 Å². The van der Waals surface area contributed by atoms with Gasteiger partial charge in [0.05, 0.1) is 10.7 Å². The first-order valence-electron chi connectivity index (χ1n) is 11.0. The highest BCUT2D eigenvalue weighted by Crippen LogP contribution is 2.28. The highest BCUT2D eigenvalue weighted by atomic mass is 35.5. The van der Waals surface area contributed by atoms with Gasteiger partial charge in [-0.25, -0.2) is 0 Å². The summed E-state index contributed by atoms with van der Waals surface area (Å²) in [5.74, 6) is -0.273. The summed E-state index contributed by atoms with van der Waals surface area (Å²) in [4.78, 5) is 31.5. The molecule has 1 aromatic carbocycles. The average Bonchev–Trinajstić information content (AvgIpc) is 3.32. The summed E-state index contributed by atoms with van der Waals surface area (Å²) in [5.41, 5.74) is 3.64. The molecule has 2 amide bonds. The molecular weight excluding hydrogens is 461 g/mol. The largest absolute Gasteiger partial charge is 0.352 e. The molecule has 0 bridgehead atoms. The van der Waals surface area contributed by atoms with Gasteiger partial charge < -0.3 is 10.2 Å². The summed E-state index contributed by atoms with van der Waals surface area (Å²) in [5, 5.41) is 11.2. The van der Waals surface area contributed by atoms with Crippen LogP contribution in [0.4, 0.5) is 0 Å². The van der Waals surface area contributed by atoms with Crippen LogP contribution in [0.25, 0.3) is 11.3 Å². The number of halogens is 2. The Bertz CT molecular complexity index is 1160. The van der Waals surface area contributed by atoms with Gasteiger partial charge in [-0.3, -0.25) is 19.7 Å². The molecule has 1 saturated heterocycles. The van der Waals surface area contributed by atoms with Crippen molar-refractivity contribution in [2.45, 2.75) is 32.7 Å². The second-order valence-corrected chi connectivity index (χ2v) is 8.93. The molecule has 3 aromatic rings. The van der Waals surface area contributed by atoms with E-state index in [1.54, 1.807) is 23.2 Å². The van der Waals surface area contributed by atoms with E-state index < -0.39 is 0 Å². The van der Waals surface area contributed by atoms with Crippen molar-refractivity contribution in [3.63, 3.8) is 0 Å². The fraction of sp³-hybridized carbons (Fsp3) is 0.333. The van der Waals surface area contributed by atoms with Crippen LogP contribution < -0.4 is 5.32 Å². The van der Waals surface area contributed by atoms with Crippen LogP contribution in [0, 0.1) is 5.92 Å². The maximum atomic E-state index is 13.0. The van der Waals surface area contributed by atoms with Gasteiger partial charge in [-0.2, -0.15) is 5.10 Å². The first-order chi connectivity index (χ1) is 15.9. The van der Waals surface area contributed by atoms with E-state index in [9.17, 15) is 9.59 Å². The Kier molecular flexibility index (Phi) is 7.30. The number of nitrogens with zero attached hydrogens (tertiary/aromatic N) is 3. The Balaban J connectivity index is 1.33. The Morgan fingerprint density at radius 2 is 1.97 bits per heavy atom. The number of amides is 2. The smallest absolute Gasteiger partial charge is 0.274 e. The molecule has 0 atom stereocenters. The lowest BCUT2D eigenvalue weighted by Gasteiger charge is -2.30. The molecule has 2 N–H and O–H groups in total. The van der Waals surface area contributed by atoms with Crippen LogP contribution in [0.15, 0.2) is 42.6 Å². The van der Waals surface area contributed by atoms with Crippen LogP contribution in [0.1, 0.15) is 41.5 Å². The number of nitrogens with one attached hydrogen (secondary N) is 2. The van der Waals surface area contributed by atoms with Crippen LogP contribution in [-0.4, -0.2) is 45.0 Å². The van der Waals surface area contributed by atoms with E-state index in [0.29, 0.717) is 53.9 Å². The lowest BCUT2D eigenvalue weighted by molar-refractivity contribution is -0.126. The van der Waals surface area contributed by atoms with E-state index in [1.807, 2.05) is 31.2 Å². The van der Waals surface area contributed by atoms with E-state index in [-0.39, 0.29) is 17.7 Å². The zero-order valence-corrected chi connectivity index (χ0v) is 19.8. The maximum Gasteiger partial charge on any atom is 0.274 e. The lowest BCUT2D eigenvalue weighted by Crippen LogP contribution is -2.43. The fourth-order valence-corrected chi connectivity index (χ4v) is 4.36. The molecule has 9 heteroatoms. The standard InChI is InChI=1S/C24H25Cl2N5O2/c1-2-18-11-19(20(26)14-27-18)21-12-22(30-29-21)24(33)31-8-6-16(7-9-31)23(32)28-13-15-4-3-5-17(25)10-15/h3-5,10-12,14,16H,2,6-9,13H2,1H3,(H,28,32)(H,29,30). The van der Waals surface area contributed by atoms with Crippen molar-refractivity contribution in [1.29, 1.82) is 0 Å². The minimum Gasteiger partial charge on any atom is -0.352 e. The number of carbonyl (C=O) groups excluding carboxylic acids is 2. The second kappa shape index (κ2) is 10.4. The number of hydrogen-bond acceptors (Lipinski definition) is 4. The number of aryl methyl sites for hydroxylation is 1. The third kappa shape index (κ3) is 5.54. The molecule has 0 spiro atoms. The number of H-pyrrole nitrogens is 1. The Morgan fingerprint density at radius 1 is 1.18 bits per heavy atom. The molecule has 0 radical (unpaired) electrons. The number of pyridine rings is 1. The molecule has 1 aliphatic heterocycles. The number of aromatic amines is 1. The van der Waals surface area contributed by atoms with Crippen LogP contribution in [0.5, 0.6) is 0 Å². The van der Waals surface area contributed by atoms with Gasteiger partial charge in [0, 0.05) is 48.0 Å². The van der Waals surface area contributed by atoms with Crippen molar-refractivity contribution in [1.82, 2.24) is 25.4 Å². The van der Waals surface area contributed by atoms with E-state index >= 15 is 0 Å². The summed E-state index contributed by atoms with van der Waals surface area (Å²) in [7, 11) is 0. The SMILES string of the molecule is CCc1cc(-c2cc(C(=O)N3CCC(C(=O)NCc4cccc(Cl)c4)CC3)n[nH]2)c(Cl)cn1. The number of hydrogen-bond donors (Lipinski definition) is 2. The third-order valence-electron chi connectivity index (χ3n) is 5.87. The monoisotopic (exact) mass is 485 g/mol. The molecule has 7 nitrogen and oxygen atoms in total. The molecule has 0 aliphatic carbocycles. The molecule has 2 aromatic heterocycles. The molecular formula is C24H25Cl2N5O2. The lowest BCUT2D eigenvalue weighted by atomic mass is 9.95. The van der Waals surface area contributed by atoms with Crippen molar-refractivity contribution in [2.24, 2.45) is 5.92 Å². The van der Waals surface area contributed by atoms with Crippen molar-refractivity contribution in [3.8, 4) is 11.3 Å². The van der Waals surface area contributed by atoms with Gasteiger partial charge in [-0.15, -0.1) is 0 Å². The van der Waals surface area contributed by atoms with Crippen molar-refractivity contribution >= 4 is 35.0 Å². The maximum absolute atomic E-state index is 13.0. The van der Waals surface area contributed by atoms with E-state index in [1.165, 1.54) is 0 Å². The molecule has 33 heavy (non-hydrogen) atoms. The first-order valence-corrected chi connectivity index (χ1v) is 11.7. The van der Waals surface area contributed by atoms with Gasteiger partial charge in [0.15, 0.2) is 5.69 Å². The van der Waals surface area contributed by atoms with Gasteiger partial charge in [-0.05, 0) is 49.1 Å². The minimum atomic E-state index is -0.156. The molecule has 0 unspecified atom stereocenters. The van der Waals surface area contributed by atoms with Gasteiger partial charge >= 0.3 is 0 Å². The summed E-state index contributed by atoms with van der Waals surface area (Å²) in [6.45, 7) is 3.47. The Labute approximate surface area is 202 Å². The van der Waals surface area contributed by atoms with Crippen molar-refractivity contribution < 1.29 is 9.59 Å². The summed E-state index contributed by atoms with van der Waals surface area (Å²) >= 11 is 12.3. The molecule has 0 saturated carbocycles. The number of piperidine rings is 1. The molecule has 3 heterocycles. The summed E-state index contributed by atoms with van der Waals surface area (Å²) in [6.07, 6.45) is 3.62. The number of carbonyl (C=O) groups is 2. The van der Waals surface area contributed by atoms with Crippen LogP contribution in [-0.2, 0) is 17.8 Å². The highest BCUT2D eigenvalue weighted by molar-refractivity contribution is 6.33. The Hall–Kier alpha value is -2.90. The van der Waals surface area contributed by atoms with Crippen molar-refractivity contribution in [2.75, 3.05) is 13.1 Å². The van der Waals surface area contributed by atoms with E-state index in [2.05, 4.69) is 20.5 Å². The normalized spacial score (nSPS) is 14.3. The number of aromatic nitrogens is 3. The van der Waals surface area contributed by atoms with Gasteiger partial charge in [0.25, 0.3) is 5.91 Å². The number of benzene rings is 1. The number of likely N-dealkylation sites (tertiary alicyclic amines) is 1. The molecule has 4 rings (SSSR count). The second-order valence-electron chi connectivity index (χ2n) is 8.09. The summed E-state index contributed by atoms with van der Waals surface area (Å²) in [6, 6.07) is 11.0. The zero-order valence-electron chi connectivity index (χ0n) is 18.3. The van der Waals surface area contributed by atoms with Crippen LogP contribution >= 0.6 is 23.2 Å². The summed E-state index contributed by atoms with van der Waals surface area (Å²) < 4.78 is 0. The molecule has 1 fully saturated rings. The van der Waals surface area contributed by atoms with E-state index in [0.717, 1.165) is 23.2 Å².